The number of amides is 2. The van der Waals surface area contributed by atoms with Crippen LogP contribution in [-0.2, 0) is 0 Å². The number of aromatic nitrogens is 1. The van der Waals surface area contributed by atoms with Gasteiger partial charge in [0.1, 0.15) is 0 Å². The number of aromatic amines is 1. The molecule has 2 rings (SSSR count). The summed E-state index contributed by atoms with van der Waals surface area (Å²) in [6.07, 6.45) is 2.59. The lowest BCUT2D eigenvalue weighted by Gasteiger charge is -2.20. The zero-order chi connectivity index (χ0) is 12.3. The van der Waals surface area contributed by atoms with Gasteiger partial charge < -0.3 is 16.5 Å². The second-order valence-corrected chi connectivity index (χ2v) is 3.88. The highest BCUT2D eigenvalue weighted by Crippen LogP contribution is 2.21. The first kappa shape index (κ1) is 11.5. The Morgan fingerprint density at radius 3 is 2.88 bits per heavy atom. The summed E-state index contributed by atoms with van der Waals surface area (Å²) in [7, 11) is 0. The molecule has 0 aliphatic heterocycles. The number of rotatable bonds is 4. The van der Waals surface area contributed by atoms with Crippen molar-refractivity contribution in [1.29, 1.82) is 0 Å². The Hall–Kier alpha value is -2.01. The first-order valence-corrected chi connectivity index (χ1v) is 5.56. The Kier molecular flexibility index (Phi) is 3.30. The average molecular weight is 232 g/mol. The highest BCUT2D eigenvalue weighted by Gasteiger charge is 2.12. The number of fused-ring (bicyclic) bond motifs is 1. The minimum atomic E-state index is -0.451. The SMILES string of the molecule is NCCCN(C(N)=O)c1ccc2[nH]ccc2c1. The molecular formula is C12H16N4O. The van der Waals surface area contributed by atoms with E-state index in [1.54, 1.807) is 4.90 Å². The number of carbonyl (C=O) groups is 1. The Bertz CT molecular complexity index is 520. The predicted molar refractivity (Wildman–Crippen MR) is 68.9 cm³/mol. The summed E-state index contributed by atoms with van der Waals surface area (Å²) >= 11 is 0. The number of hydrogen-bond donors (Lipinski definition) is 3. The fourth-order valence-corrected chi connectivity index (χ4v) is 1.82. The van der Waals surface area contributed by atoms with Crippen molar-refractivity contribution in [1.82, 2.24) is 4.98 Å². The van der Waals surface area contributed by atoms with Crippen molar-refractivity contribution >= 4 is 22.6 Å². The zero-order valence-corrected chi connectivity index (χ0v) is 9.52. The topological polar surface area (TPSA) is 88.1 Å². The molecule has 0 aliphatic carbocycles. The summed E-state index contributed by atoms with van der Waals surface area (Å²) in [5.41, 5.74) is 12.7. The number of hydrogen-bond acceptors (Lipinski definition) is 2. The average Bonchev–Trinajstić information content (AvgIpc) is 2.76. The maximum absolute atomic E-state index is 11.4. The normalized spacial score (nSPS) is 10.6. The number of anilines is 1. The Balaban J connectivity index is 2.30. The van der Waals surface area contributed by atoms with Crippen molar-refractivity contribution < 1.29 is 4.79 Å². The summed E-state index contributed by atoms with van der Waals surface area (Å²) in [4.78, 5) is 16.0. The zero-order valence-electron chi connectivity index (χ0n) is 9.52. The monoisotopic (exact) mass is 232 g/mol. The molecule has 0 spiro atoms. The van der Waals surface area contributed by atoms with Crippen molar-refractivity contribution in [3.05, 3.63) is 30.5 Å². The van der Waals surface area contributed by atoms with Crippen LogP contribution in [0.15, 0.2) is 30.5 Å². The molecule has 17 heavy (non-hydrogen) atoms. The lowest BCUT2D eigenvalue weighted by atomic mass is 10.2. The molecule has 0 radical (unpaired) electrons. The number of H-pyrrole nitrogens is 1. The fourth-order valence-electron chi connectivity index (χ4n) is 1.82. The first-order chi connectivity index (χ1) is 8.22. The van der Waals surface area contributed by atoms with Crippen molar-refractivity contribution in [2.24, 2.45) is 11.5 Å². The van der Waals surface area contributed by atoms with Crippen LogP contribution in [0.3, 0.4) is 0 Å². The van der Waals surface area contributed by atoms with Gasteiger partial charge in [0.25, 0.3) is 0 Å². The first-order valence-electron chi connectivity index (χ1n) is 5.56. The van der Waals surface area contributed by atoms with Crippen LogP contribution < -0.4 is 16.4 Å². The van der Waals surface area contributed by atoms with Crippen LogP contribution in [0.25, 0.3) is 10.9 Å². The molecule has 0 unspecified atom stereocenters. The summed E-state index contributed by atoms with van der Waals surface area (Å²) in [6.45, 7) is 1.08. The molecule has 5 nitrogen and oxygen atoms in total. The molecule has 1 heterocycles. The number of urea groups is 1. The van der Waals surface area contributed by atoms with Crippen molar-refractivity contribution in [3.8, 4) is 0 Å². The summed E-state index contributed by atoms with van der Waals surface area (Å²) in [6, 6.07) is 7.25. The van der Waals surface area contributed by atoms with Gasteiger partial charge in [0, 0.05) is 29.3 Å². The summed E-state index contributed by atoms with van der Waals surface area (Å²) < 4.78 is 0. The molecule has 5 N–H and O–H groups in total. The van der Waals surface area contributed by atoms with Crippen molar-refractivity contribution in [2.75, 3.05) is 18.0 Å². The molecule has 0 aliphatic rings. The van der Waals surface area contributed by atoms with Gasteiger partial charge in [0.2, 0.25) is 0 Å². The lowest BCUT2D eigenvalue weighted by Crippen LogP contribution is -2.37. The Labute approximate surface area is 99.4 Å². The highest BCUT2D eigenvalue weighted by atomic mass is 16.2. The van der Waals surface area contributed by atoms with E-state index in [4.69, 9.17) is 11.5 Å². The second-order valence-electron chi connectivity index (χ2n) is 3.88. The maximum atomic E-state index is 11.4. The molecule has 2 amide bonds. The number of nitrogens with one attached hydrogen (secondary N) is 1. The van der Waals surface area contributed by atoms with E-state index in [2.05, 4.69) is 4.98 Å². The summed E-state index contributed by atoms with van der Waals surface area (Å²) in [5, 5.41) is 1.06. The molecule has 0 bridgehead atoms. The number of nitrogens with zero attached hydrogens (tertiary/aromatic N) is 1. The van der Waals surface area contributed by atoms with E-state index in [-0.39, 0.29) is 0 Å². The number of nitrogens with two attached hydrogens (primary N) is 2. The van der Waals surface area contributed by atoms with Gasteiger partial charge >= 0.3 is 6.03 Å². The minimum Gasteiger partial charge on any atom is -0.361 e. The van der Waals surface area contributed by atoms with Gasteiger partial charge in [0.15, 0.2) is 0 Å². The smallest absolute Gasteiger partial charge is 0.319 e. The van der Waals surface area contributed by atoms with Crippen molar-refractivity contribution in [2.45, 2.75) is 6.42 Å². The molecule has 0 saturated heterocycles. The Morgan fingerprint density at radius 1 is 1.35 bits per heavy atom. The largest absolute Gasteiger partial charge is 0.361 e. The lowest BCUT2D eigenvalue weighted by molar-refractivity contribution is 0.254. The third kappa shape index (κ3) is 2.39. The third-order valence-electron chi connectivity index (χ3n) is 2.70. The minimum absolute atomic E-state index is 0.451. The number of benzene rings is 1. The maximum Gasteiger partial charge on any atom is 0.319 e. The summed E-state index contributed by atoms with van der Waals surface area (Å²) in [5.74, 6) is 0. The quantitative estimate of drug-likeness (QED) is 0.744. The molecule has 90 valence electrons. The van der Waals surface area contributed by atoms with E-state index in [0.717, 1.165) is 23.0 Å². The molecule has 1 aromatic heterocycles. The molecule has 0 saturated carbocycles. The standard InChI is InChI=1S/C12H16N4O/c13-5-1-7-16(12(14)17)10-2-3-11-9(8-10)4-6-15-11/h2-4,6,8,15H,1,5,7,13H2,(H2,14,17). The van der Waals surface area contributed by atoms with Crippen LogP contribution in [0.5, 0.6) is 0 Å². The van der Waals surface area contributed by atoms with Crippen molar-refractivity contribution in [3.63, 3.8) is 0 Å². The van der Waals surface area contributed by atoms with Gasteiger partial charge in [-0.05, 0) is 37.2 Å². The molecule has 1 aromatic carbocycles. The van der Waals surface area contributed by atoms with Gasteiger partial charge in [-0.25, -0.2) is 4.79 Å². The van der Waals surface area contributed by atoms with Crippen LogP contribution in [0.2, 0.25) is 0 Å². The molecule has 2 aromatic rings. The van der Waals surface area contributed by atoms with Gasteiger partial charge in [-0.3, -0.25) is 4.90 Å². The number of primary amides is 1. The van der Waals surface area contributed by atoms with Crippen LogP contribution in [0, 0.1) is 0 Å². The van der Waals surface area contributed by atoms with E-state index in [9.17, 15) is 4.79 Å². The van der Waals surface area contributed by atoms with Gasteiger partial charge in [-0.2, -0.15) is 0 Å². The van der Waals surface area contributed by atoms with E-state index in [1.807, 2.05) is 30.5 Å². The van der Waals surface area contributed by atoms with E-state index < -0.39 is 6.03 Å². The van der Waals surface area contributed by atoms with E-state index in [0.29, 0.717) is 13.1 Å². The predicted octanol–water partition coefficient (Wildman–Crippen LogP) is 1.40. The molecule has 0 atom stereocenters. The molecule has 0 fully saturated rings. The van der Waals surface area contributed by atoms with E-state index >= 15 is 0 Å². The molecule has 5 heteroatoms. The van der Waals surface area contributed by atoms with Crippen LogP contribution in [0.4, 0.5) is 10.5 Å². The third-order valence-corrected chi connectivity index (χ3v) is 2.70. The van der Waals surface area contributed by atoms with Gasteiger partial charge in [-0.1, -0.05) is 0 Å². The Morgan fingerprint density at radius 2 is 2.18 bits per heavy atom. The van der Waals surface area contributed by atoms with Crippen LogP contribution in [0.1, 0.15) is 6.42 Å². The molecular weight excluding hydrogens is 216 g/mol. The van der Waals surface area contributed by atoms with Crippen LogP contribution in [-0.4, -0.2) is 24.1 Å². The van der Waals surface area contributed by atoms with E-state index in [1.165, 1.54) is 0 Å². The van der Waals surface area contributed by atoms with Gasteiger partial charge in [-0.15, -0.1) is 0 Å². The number of carbonyl (C=O) groups excluding carboxylic acids is 1. The highest BCUT2D eigenvalue weighted by molar-refractivity contribution is 5.93. The van der Waals surface area contributed by atoms with Gasteiger partial charge in [0.05, 0.1) is 0 Å². The van der Waals surface area contributed by atoms with Crippen LogP contribution >= 0.6 is 0 Å². The fraction of sp³-hybridized carbons (Fsp3) is 0.250. The second kappa shape index (κ2) is 4.88.